The molecule has 0 bridgehead atoms. The van der Waals surface area contributed by atoms with Crippen LogP contribution >= 0.6 is 0 Å². The first-order valence-corrected chi connectivity index (χ1v) is 25.0. The highest BCUT2D eigenvalue weighted by Crippen LogP contribution is 2.16. The van der Waals surface area contributed by atoms with Crippen molar-refractivity contribution >= 4 is 17.9 Å². The van der Waals surface area contributed by atoms with Gasteiger partial charge in [-0.15, -0.1) is 0 Å². The molecule has 0 aliphatic carbocycles. The zero-order valence-electron chi connectivity index (χ0n) is 39.9. The Morgan fingerprint density at radius 3 is 1.35 bits per heavy atom. The van der Waals surface area contributed by atoms with Gasteiger partial charge in [0.05, 0.1) is 34.4 Å². The molecule has 0 heterocycles. The number of carbonyl (C=O) groups excluding carboxylic acids is 2. The van der Waals surface area contributed by atoms with Gasteiger partial charge in [-0.3, -0.25) is 9.59 Å². The second kappa shape index (κ2) is 43.4. The summed E-state index contributed by atoms with van der Waals surface area (Å²) in [6, 6.07) is 0. The van der Waals surface area contributed by atoms with Crippen LogP contribution in [0.15, 0.2) is 24.3 Å². The number of carboxylic acid groups (broad SMARTS) is 1. The molecule has 60 heavy (non-hydrogen) atoms. The molecule has 0 spiro atoms. The van der Waals surface area contributed by atoms with Crippen LogP contribution in [0, 0.1) is 0 Å². The van der Waals surface area contributed by atoms with Gasteiger partial charge in [0.25, 0.3) is 6.29 Å². The van der Waals surface area contributed by atoms with E-state index in [9.17, 15) is 19.5 Å². The van der Waals surface area contributed by atoms with Gasteiger partial charge in [-0.25, -0.2) is 4.79 Å². The third-order valence-electron chi connectivity index (χ3n) is 11.0. The number of esters is 2. The molecule has 0 fully saturated rings. The number of carboxylic acids is 1. The summed E-state index contributed by atoms with van der Waals surface area (Å²) in [5.74, 6) is -2.00. The van der Waals surface area contributed by atoms with E-state index in [1.165, 1.54) is 148 Å². The van der Waals surface area contributed by atoms with E-state index in [4.69, 9.17) is 18.9 Å². The van der Waals surface area contributed by atoms with Crippen LogP contribution in [0.5, 0.6) is 0 Å². The minimum atomic E-state index is -1.51. The fourth-order valence-corrected chi connectivity index (χ4v) is 7.04. The number of carbonyl (C=O) groups is 3. The summed E-state index contributed by atoms with van der Waals surface area (Å²) in [6.45, 7) is 4.87. The predicted octanol–water partition coefficient (Wildman–Crippen LogP) is 13.6. The Labute approximate surface area is 369 Å². The molecule has 9 heteroatoms. The number of quaternary nitrogens is 1. The van der Waals surface area contributed by atoms with Crippen LogP contribution in [0.4, 0.5) is 0 Å². The van der Waals surface area contributed by atoms with Gasteiger partial charge in [0, 0.05) is 12.8 Å². The van der Waals surface area contributed by atoms with Crippen molar-refractivity contribution in [3.05, 3.63) is 24.3 Å². The second-order valence-electron chi connectivity index (χ2n) is 18.1. The lowest BCUT2D eigenvalue weighted by molar-refractivity contribution is -0.870. The first-order valence-electron chi connectivity index (χ1n) is 25.0. The minimum absolute atomic E-state index is 0.179. The van der Waals surface area contributed by atoms with Crippen molar-refractivity contribution in [3.63, 3.8) is 0 Å². The molecule has 352 valence electrons. The van der Waals surface area contributed by atoms with Crippen molar-refractivity contribution in [2.24, 2.45) is 0 Å². The number of allylic oxidation sites excluding steroid dienone is 4. The lowest BCUT2D eigenvalue weighted by Crippen LogP contribution is -2.40. The number of aliphatic carboxylic acids is 1. The highest BCUT2D eigenvalue weighted by molar-refractivity contribution is 5.71. The van der Waals surface area contributed by atoms with Crippen LogP contribution in [0.1, 0.15) is 226 Å². The number of ether oxygens (including phenoxy) is 4. The summed E-state index contributed by atoms with van der Waals surface area (Å²) in [7, 11) is 5.96. The summed E-state index contributed by atoms with van der Waals surface area (Å²) < 4.78 is 22.8. The molecule has 0 aromatic carbocycles. The van der Waals surface area contributed by atoms with E-state index in [1.54, 1.807) is 0 Å². The average Bonchev–Trinajstić information content (AvgIpc) is 3.21. The molecule has 0 saturated heterocycles. The van der Waals surface area contributed by atoms with Crippen molar-refractivity contribution in [1.29, 1.82) is 0 Å². The van der Waals surface area contributed by atoms with E-state index in [0.29, 0.717) is 17.4 Å². The third kappa shape index (κ3) is 43.8. The Balaban J connectivity index is 4.35. The molecule has 1 N–H and O–H groups in total. The van der Waals surface area contributed by atoms with E-state index in [-0.39, 0.29) is 32.2 Å². The number of nitrogens with zero attached hydrogens (tertiary/aromatic N) is 1. The number of unbranched alkanes of at least 4 members (excludes halogenated alkanes) is 27. The van der Waals surface area contributed by atoms with Crippen LogP contribution in [0.3, 0.4) is 0 Å². The van der Waals surface area contributed by atoms with Gasteiger partial charge in [-0.1, -0.05) is 192 Å². The van der Waals surface area contributed by atoms with Crippen LogP contribution in [-0.2, 0) is 33.3 Å². The number of hydrogen-bond acceptors (Lipinski definition) is 7. The van der Waals surface area contributed by atoms with Gasteiger partial charge in [-0.05, 0) is 44.9 Å². The van der Waals surface area contributed by atoms with E-state index < -0.39 is 24.3 Å². The zero-order chi connectivity index (χ0) is 44.2. The van der Waals surface area contributed by atoms with Gasteiger partial charge in [-0.2, -0.15) is 0 Å². The third-order valence-corrected chi connectivity index (χ3v) is 11.0. The average molecular weight is 851 g/mol. The zero-order valence-corrected chi connectivity index (χ0v) is 39.9. The Morgan fingerprint density at radius 2 is 0.900 bits per heavy atom. The molecule has 9 nitrogen and oxygen atoms in total. The summed E-state index contributed by atoms with van der Waals surface area (Å²) >= 11 is 0. The van der Waals surface area contributed by atoms with Gasteiger partial charge >= 0.3 is 17.9 Å². The van der Waals surface area contributed by atoms with Crippen molar-refractivity contribution in [2.75, 3.05) is 47.5 Å². The smallest absolute Gasteiger partial charge is 0.361 e. The van der Waals surface area contributed by atoms with E-state index >= 15 is 0 Å². The molecule has 0 radical (unpaired) electrons. The Morgan fingerprint density at radius 1 is 0.500 bits per heavy atom. The molecule has 2 atom stereocenters. The second-order valence-corrected chi connectivity index (χ2v) is 18.1. The van der Waals surface area contributed by atoms with Gasteiger partial charge in [0.2, 0.25) is 0 Å². The number of rotatable bonds is 46. The monoisotopic (exact) mass is 851 g/mol. The molecule has 2 unspecified atom stereocenters. The number of likely N-dealkylation sites (N-methyl/N-ethyl adjacent to an activating group) is 1. The maximum absolute atomic E-state index is 12.8. The fraction of sp³-hybridized carbons (Fsp3) is 0.863. The normalized spacial score (nSPS) is 13.0. The SMILES string of the molecule is CCCCC/C=C\C/C=C\CCCCCCCCCCCC(=O)OC(COC(=O)CCCCCCCCCCCCCCCCCC)COC(OCC[N+](C)(C)C)C(=O)O. The van der Waals surface area contributed by atoms with Crippen LogP contribution < -0.4 is 0 Å². The standard InChI is InChI=1S/C51H95NO8/c1-6-8-10-12-14-16-18-20-22-24-25-26-28-30-32-34-36-38-40-42-49(54)60-47(46-59-51(50(55)56)57-44-43-52(3,4)5)45-58-48(53)41-39-37-35-33-31-29-27-23-21-19-17-15-13-11-9-7-2/h14,16,20,22,47,51H,6-13,15,17-19,21,23-46H2,1-5H3/p+1/b16-14-,22-20-. The summed E-state index contributed by atoms with van der Waals surface area (Å²) in [5, 5.41) is 9.66. The molecular weight excluding hydrogens is 755 g/mol. The van der Waals surface area contributed by atoms with Crippen molar-refractivity contribution in [2.45, 2.75) is 238 Å². The lowest BCUT2D eigenvalue weighted by atomic mass is 10.0. The van der Waals surface area contributed by atoms with Crippen LogP contribution in [-0.4, -0.2) is 87.4 Å². The largest absolute Gasteiger partial charge is 0.477 e. The maximum atomic E-state index is 12.8. The molecule has 0 amide bonds. The molecule has 0 aliphatic heterocycles. The van der Waals surface area contributed by atoms with E-state index in [2.05, 4.69) is 38.2 Å². The molecular formula is C51H96NO8+. The fourth-order valence-electron chi connectivity index (χ4n) is 7.04. The molecule has 0 aliphatic rings. The summed E-state index contributed by atoms with van der Waals surface area (Å²) in [5.41, 5.74) is 0. The van der Waals surface area contributed by atoms with Crippen molar-refractivity contribution < 1.29 is 42.9 Å². The van der Waals surface area contributed by atoms with Gasteiger partial charge in [0.15, 0.2) is 6.10 Å². The highest BCUT2D eigenvalue weighted by Gasteiger charge is 2.25. The molecule has 0 aromatic rings. The van der Waals surface area contributed by atoms with E-state index in [0.717, 1.165) is 51.4 Å². The van der Waals surface area contributed by atoms with Crippen LogP contribution in [0.25, 0.3) is 0 Å². The highest BCUT2D eigenvalue weighted by atomic mass is 16.7. The first-order chi connectivity index (χ1) is 29.1. The Bertz CT molecular complexity index is 1040. The molecule has 0 saturated carbocycles. The first kappa shape index (κ1) is 57.8. The predicted molar refractivity (Wildman–Crippen MR) is 249 cm³/mol. The Hall–Kier alpha value is -2.23. The summed E-state index contributed by atoms with van der Waals surface area (Å²) in [6.07, 6.45) is 45.1. The van der Waals surface area contributed by atoms with E-state index in [1.807, 2.05) is 21.1 Å². The maximum Gasteiger partial charge on any atom is 0.361 e. The molecule has 0 aromatic heterocycles. The van der Waals surface area contributed by atoms with Gasteiger partial charge in [0.1, 0.15) is 13.2 Å². The van der Waals surface area contributed by atoms with Crippen molar-refractivity contribution in [3.8, 4) is 0 Å². The Kier molecular flexibility index (Phi) is 41.8. The number of hydrogen-bond donors (Lipinski definition) is 1. The topological polar surface area (TPSA) is 108 Å². The van der Waals surface area contributed by atoms with Gasteiger partial charge < -0.3 is 28.5 Å². The van der Waals surface area contributed by atoms with Crippen LogP contribution in [0.2, 0.25) is 0 Å². The minimum Gasteiger partial charge on any atom is -0.477 e. The lowest BCUT2D eigenvalue weighted by Gasteiger charge is -2.25. The van der Waals surface area contributed by atoms with Crippen molar-refractivity contribution in [1.82, 2.24) is 0 Å². The quantitative estimate of drug-likeness (QED) is 0.0212. The molecule has 0 rings (SSSR count). The summed E-state index contributed by atoms with van der Waals surface area (Å²) in [4.78, 5) is 37.2.